The van der Waals surface area contributed by atoms with Crippen molar-refractivity contribution in [2.75, 3.05) is 18.0 Å². The van der Waals surface area contributed by atoms with Crippen molar-refractivity contribution in [2.24, 2.45) is 0 Å². The third-order valence-electron chi connectivity index (χ3n) is 6.89. The van der Waals surface area contributed by atoms with Crippen LogP contribution in [-0.2, 0) is 4.79 Å². The Bertz CT molecular complexity index is 1510. The normalized spacial score (nSPS) is 17.8. The first-order valence-corrected chi connectivity index (χ1v) is 12.9. The molecule has 192 valence electrons. The summed E-state index contributed by atoms with van der Waals surface area (Å²) < 4.78 is 1.54. The molecule has 37 heavy (non-hydrogen) atoms. The number of benzene rings is 1. The summed E-state index contributed by atoms with van der Waals surface area (Å²) in [7, 11) is 0. The molecule has 0 aliphatic carbocycles. The third-order valence-corrected chi connectivity index (χ3v) is 7.61. The quantitative estimate of drug-likeness (QED) is 0.404. The Morgan fingerprint density at radius 2 is 1.81 bits per heavy atom. The van der Waals surface area contributed by atoms with Gasteiger partial charge in [-0.3, -0.25) is 19.1 Å². The van der Waals surface area contributed by atoms with Gasteiger partial charge in [-0.2, -0.15) is 5.26 Å². The zero-order valence-electron chi connectivity index (χ0n) is 21.5. The number of aryl methyl sites for hydroxylation is 1. The first-order chi connectivity index (χ1) is 17.5. The lowest BCUT2D eigenvalue weighted by Crippen LogP contribution is -2.58. The maximum atomic E-state index is 14.1. The Morgan fingerprint density at radius 1 is 1.19 bits per heavy atom. The van der Waals surface area contributed by atoms with Crippen molar-refractivity contribution in [3.8, 4) is 11.8 Å². The SMILES string of the molecule is C=CC(=O)N1[C@H](C)CN(c2c(C#N)c(=O)n(-c3c(C)ccnc3C(C)C)c3cc(Cl)c(Cl)cc23)C[C@@H]1C. The number of nitriles is 1. The number of hydrogen-bond acceptors (Lipinski definition) is 5. The van der Waals surface area contributed by atoms with E-state index in [-0.39, 0.29) is 29.5 Å². The number of rotatable bonds is 4. The van der Waals surface area contributed by atoms with Crippen LogP contribution in [0, 0.1) is 18.3 Å². The fraction of sp³-hybridized carbons (Fsp3) is 0.357. The van der Waals surface area contributed by atoms with Gasteiger partial charge in [0.1, 0.15) is 11.6 Å². The highest BCUT2D eigenvalue weighted by atomic mass is 35.5. The van der Waals surface area contributed by atoms with Crippen LogP contribution in [0.15, 0.2) is 41.8 Å². The third kappa shape index (κ3) is 4.49. The van der Waals surface area contributed by atoms with Crippen LogP contribution in [0.25, 0.3) is 16.6 Å². The highest BCUT2D eigenvalue weighted by Gasteiger charge is 2.35. The van der Waals surface area contributed by atoms with Gasteiger partial charge in [-0.05, 0) is 56.5 Å². The molecule has 3 aromatic rings. The van der Waals surface area contributed by atoms with E-state index in [1.807, 2.05) is 45.6 Å². The second-order valence-corrected chi connectivity index (χ2v) is 10.6. The molecular weight excluding hydrogens is 509 g/mol. The molecule has 0 unspecified atom stereocenters. The Morgan fingerprint density at radius 3 is 2.38 bits per heavy atom. The van der Waals surface area contributed by atoms with Gasteiger partial charge in [0, 0.05) is 36.8 Å². The predicted octanol–water partition coefficient (Wildman–Crippen LogP) is 5.61. The van der Waals surface area contributed by atoms with Crippen molar-refractivity contribution < 1.29 is 4.79 Å². The fourth-order valence-corrected chi connectivity index (χ4v) is 5.67. The topological polar surface area (TPSA) is 82.2 Å². The summed E-state index contributed by atoms with van der Waals surface area (Å²) in [4.78, 5) is 34.9. The molecule has 0 radical (unpaired) electrons. The molecule has 1 aliphatic rings. The molecule has 0 N–H and O–H groups in total. The van der Waals surface area contributed by atoms with E-state index in [2.05, 4.69) is 17.6 Å². The number of halogens is 2. The molecule has 0 saturated carbocycles. The van der Waals surface area contributed by atoms with E-state index in [1.165, 1.54) is 6.08 Å². The van der Waals surface area contributed by atoms with Crippen LogP contribution < -0.4 is 10.5 Å². The number of carbonyl (C=O) groups excluding carboxylic acids is 1. The van der Waals surface area contributed by atoms with Crippen molar-refractivity contribution in [2.45, 2.75) is 52.6 Å². The molecule has 2 aromatic heterocycles. The van der Waals surface area contributed by atoms with E-state index in [0.29, 0.717) is 45.4 Å². The van der Waals surface area contributed by atoms with E-state index in [4.69, 9.17) is 23.2 Å². The number of amides is 1. The van der Waals surface area contributed by atoms with E-state index in [1.54, 1.807) is 27.8 Å². The van der Waals surface area contributed by atoms with Gasteiger partial charge in [0.15, 0.2) is 0 Å². The van der Waals surface area contributed by atoms with Gasteiger partial charge in [-0.1, -0.05) is 43.6 Å². The minimum atomic E-state index is -0.453. The number of carbonyl (C=O) groups is 1. The number of hydrogen-bond donors (Lipinski definition) is 0. The van der Waals surface area contributed by atoms with Gasteiger partial charge in [0.05, 0.1) is 32.6 Å². The number of fused-ring (bicyclic) bond motifs is 1. The highest BCUT2D eigenvalue weighted by molar-refractivity contribution is 6.43. The molecule has 1 amide bonds. The van der Waals surface area contributed by atoms with Crippen molar-refractivity contribution in [1.82, 2.24) is 14.5 Å². The standard InChI is InChI=1S/C28H29Cl2N5O2/c1-7-24(36)34-17(5)13-33(14-18(34)6)27-19-10-21(29)22(30)11-23(19)35(28(37)20(27)12-31)26-16(4)8-9-32-25(26)15(2)3/h7-11,15,17-18H,1,13-14H2,2-6H3/t17-,18+. The maximum absolute atomic E-state index is 14.1. The first-order valence-electron chi connectivity index (χ1n) is 12.1. The second kappa shape index (κ2) is 10.2. The summed E-state index contributed by atoms with van der Waals surface area (Å²) in [6.07, 6.45) is 3.03. The van der Waals surface area contributed by atoms with Gasteiger partial charge in [-0.25, -0.2) is 0 Å². The van der Waals surface area contributed by atoms with E-state index < -0.39 is 5.56 Å². The molecule has 7 nitrogen and oxygen atoms in total. The number of anilines is 1. The molecule has 0 bridgehead atoms. The van der Waals surface area contributed by atoms with E-state index in [0.717, 1.165) is 11.3 Å². The largest absolute Gasteiger partial charge is 0.366 e. The van der Waals surface area contributed by atoms with Crippen molar-refractivity contribution in [1.29, 1.82) is 5.26 Å². The second-order valence-electron chi connectivity index (χ2n) is 9.83. The Balaban J connectivity index is 2.08. The van der Waals surface area contributed by atoms with E-state index >= 15 is 0 Å². The molecule has 3 heterocycles. The van der Waals surface area contributed by atoms with Crippen molar-refractivity contribution >= 4 is 45.7 Å². The average Bonchev–Trinajstić information content (AvgIpc) is 2.84. The number of piperazine rings is 1. The van der Waals surface area contributed by atoms with Crippen LogP contribution in [0.2, 0.25) is 10.0 Å². The lowest BCUT2D eigenvalue weighted by molar-refractivity contribution is -0.130. The molecule has 0 spiro atoms. The molecule has 1 fully saturated rings. The minimum absolute atomic E-state index is 0.00625. The van der Waals surface area contributed by atoms with Crippen LogP contribution in [0.4, 0.5) is 5.69 Å². The summed E-state index contributed by atoms with van der Waals surface area (Å²) >= 11 is 13.0. The maximum Gasteiger partial charge on any atom is 0.275 e. The Labute approximate surface area is 226 Å². The highest BCUT2D eigenvalue weighted by Crippen LogP contribution is 2.38. The Hall–Kier alpha value is -3.34. The molecule has 9 heteroatoms. The fourth-order valence-electron chi connectivity index (χ4n) is 5.35. The summed E-state index contributed by atoms with van der Waals surface area (Å²) in [6.45, 7) is 14.3. The number of nitrogens with zero attached hydrogens (tertiary/aromatic N) is 5. The molecule has 2 atom stereocenters. The molecular formula is C28H29Cl2N5O2. The minimum Gasteiger partial charge on any atom is -0.366 e. The summed E-state index contributed by atoms with van der Waals surface area (Å²) in [5, 5.41) is 11.5. The summed E-state index contributed by atoms with van der Waals surface area (Å²) in [5.41, 5.74) is 2.81. The van der Waals surface area contributed by atoms with Gasteiger partial charge in [0.25, 0.3) is 5.56 Å². The zero-order chi connectivity index (χ0) is 27.2. The van der Waals surface area contributed by atoms with Crippen LogP contribution in [-0.4, -0.2) is 45.5 Å². The number of pyridine rings is 2. The summed E-state index contributed by atoms with van der Waals surface area (Å²) in [5.74, 6) is -0.120. The van der Waals surface area contributed by atoms with Crippen LogP contribution in [0.5, 0.6) is 0 Å². The van der Waals surface area contributed by atoms with Crippen LogP contribution >= 0.6 is 23.2 Å². The zero-order valence-corrected chi connectivity index (χ0v) is 23.1. The monoisotopic (exact) mass is 537 g/mol. The van der Waals surface area contributed by atoms with Crippen LogP contribution in [0.1, 0.15) is 50.4 Å². The first kappa shape index (κ1) is 26.7. The van der Waals surface area contributed by atoms with Gasteiger partial charge < -0.3 is 9.80 Å². The lowest BCUT2D eigenvalue weighted by atomic mass is 10.0. The van der Waals surface area contributed by atoms with Gasteiger partial charge in [0.2, 0.25) is 5.91 Å². The number of aromatic nitrogens is 2. The average molecular weight is 538 g/mol. The summed E-state index contributed by atoms with van der Waals surface area (Å²) in [6, 6.07) is 7.06. The van der Waals surface area contributed by atoms with Crippen molar-refractivity contribution in [3.63, 3.8) is 0 Å². The molecule has 4 rings (SSSR count). The Kier molecular flexibility index (Phi) is 7.36. The van der Waals surface area contributed by atoms with Crippen molar-refractivity contribution in [3.05, 3.63) is 74.3 Å². The van der Waals surface area contributed by atoms with Gasteiger partial charge in [-0.15, -0.1) is 0 Å². The van der Waals surface area contributed by atoms with Gasteiger partial charge >= 0.3 is 0 Å². The smallest absolute Gasteiger partial charge is 0.275 e. The van der Waals surface area contributed by atoms with Crippen LogP contribution in [0.3, 0.4) is 0 Å². The molecule has 1 aliphatic heterocycles. The lowest BCUT2D eigenvalue weighted by Gasteiger charge is -2.45. The molecule has 1 aromatic carbocycles. The predicted molar refractivity (Wildman–Crippen MR) is 149 cm³/mol. The van der Waals surface area contributed by atoms with E-state index in [9.17, 15) is 14.9 Å². The molecule has 1 saturated heterocycles.